The number of methoxy groups -OCH3 is 1. The van der Waals surface area contributed by atoms with Crippen LogP contribution in [0.4, 0.5) is 0 Å². The maximum absolute atomic E-state index is 11.3. The number of piperidine rings is 4. The minimum atomic E-state index is -0.692. The molecule has 0 unspecified atom stereocenters. The number of carboxylic acid groups (broad SMARTS) is 1. The summed E-state index contributed by atoms with van der Waals surface area (Å²) < 4.78 is 4.72. The van der Waals surface area contributed by atoms with E-state index in [0.29, 0.717) is 63.0 Å². The Morgan fingerprint density at radius 3 is 1.37 bits per heavy atom. The molecular weight excluding hydrogens is 656 g/mol. The van der Waals surface area contributed by atoms with Gasteiger partial charge in [0.25, 0.3) is 0 Å². The molecule has 5 aliphatic carbocycles. The number of nitrogens with one attached hydrogen (secondary N) is 4. The first-order valence-corrected chi connectivity index (χ1v) is 19.7. The first-order chi connectivity index (χ1) is 24.1. The van der Waals surface area contributed by atoms with Crippen LogP contribution in [0.25, 0.3) is 0 Å². The number of Topliss-reactive ketones (excluding diaryl/α,β-unsaturated/α-hetero) is 1. The molecule has 5 aliphatic heterocycles. The van der Waals surface area contributed by atoms with Crippen molar-refractivity contribution in [2.45, 2.75) is 100 Å². The number of carbonyl (C=O) groups excluding carboxylic acids is 2. The fourth-order valence-electron chi connectivity index (χ4n) is 11.7. The van der Waals surface area contributed by atoms with Gasteiger partial charge in [-0.15, -0.1) is 0 Å². The SMILES string of the molecule is CC(=O)[C@H]1NC[C@H]2[C@@H]1C2(C)C.CC1(C)[C@@H]2C=NC[C@@H]21.CC1(C)[C@@H]2[C@@H](C#N)NC[C@@H]21.CC1(C)[C@@H]2[C@@H](C(=O)O)NC[C@@H]21.COC(=O)[C@H]1NC[C@H]2[C@@H]1C2(C)C. The summed E-state index contributed by atoms with van der Waals surface area (Å²) in [5.74, 6) is 6.21. The fraction of sp³-hybridized carbons (Fsp3) is 0.878. The van der Waals surface area contributed by atoms with Gasteiger partial charge in [0.15, 0.2) is 0 Å². The van der Waals surface area contributed by atoms with Crippen molar-refractivity contribution in [3.8, 4) is 6.07 Å². The van der Waals surface area contributed by atoms with Gasteiger partial charge in [0.1, 0.15) is 17.9 Å². The van der Waals surface area contributed by atoms with E-state index in [1.54, 1.807) is 6.92 Å². The molecule has 11 nitrogen and oxygen atoms in total. The number of ether oxygens (including phenoxy) is 1. The van der Waals surface area contributed by atoms with Crippen molar-refractivity contribution in [2.75, 3.05) is 39.8 Å². The van der Waals surface area contributed by atoms with Crippen molar-refractivity contribution in [2.24, 2.45) is 91.2 Å². The predicted molar refractivity (Wildman–Crippen MR) is 200 cm³/mol. The van der Waals surface area contributed by atoms with Gasteiger partial charge in [0, 0.05) is 25.2 Å². The van der Waals surface area contributed by atoms with Crippen molar-refractivity contribution in [3.05, 3.63) is 0 Å². The Bertz CT molecular complexity index is 1470. The minimum Gasteiger partial charge on any atom is -0.480 e. The maximum Gasteiger partial charge on any atom is 0.323 e. The van der Waals surface area contributed by atoms with E-state index in [0.717, 1.165) is 56.4 Å². The van der Waals surface area contributed by atoms with Crippen LogP contribution in [0.3, 0.4) is 0 Å². The van der Waals surface area contributed by atoms with Crippen molar-refractivity contribution >= 4 is 23.9 Å². The molecule has 0 aromatic carbocycles. The minimum absolute atomic E-state index is 0.0463. The highest BCUT2D eigenvalue weighted by molar-refractivity contribution is 5.83. The summed E-state index contributed by atoms with van der Waals surface area (Å²) >= 11 is 0. The Kier molecular flexibility index (Phi) is 9.92. The van der Waals surface area contributed by atoms with Crippen LogP contribution in [0.5, 0.6) is 0 Å². The first-order valence-electron chi connectivity index (χ1n) is 19.7. The van der Waals surface area contributed by atoms with E-state index in [2.05, 4.69) is 108 Å². The summed E-state index contributed by atoms with van der Waals surface area (Å²) in [4.78, 5) is 37.2. The molecule has 5 saturated carbocycles. The molecule has 0 amide bonds. The number of carboxylic acids is 1. The summed E-state index contributed by atoms with van der Waals surface area (Å²) in [5.41, 5.74) is 2.12. The second-order valence-corrected chi connectivity index (χ2v) is 20.4. The molecule has 11 heteroatoms. The third kappa shape index (κ3) is 6.56. The number of aliphatic carboxylic acids is 1. The molecule has 9 fully saturated rings. The molecule has 5 heterocycles. The molecule has 0 aromatic rings. The third-order valence-corrected chi connectivity index (χ3v) is 16.2. The van der Waals surface area contributed by atoms with E-state index in [1.807, 2.05) is 0 Å². The second kappa shape index (κ2) is 13.1. The molecule has 10 aliphatic rings. The van der Waals surface area contributed by atoms with Crippen LogP contribution in [-0.4, -0.2) is 93.0 Å². The van der Waals surface area contributed by atoms with Gasteiger partial charge >= 0.3 is 11.9 Å². The van der Waals surface area contributed by atoms with E-state index < -0.39 is 5.97 Å². The molecule has 0 spiro atoms. The first kappa shape index (κ1) is 39.3. The highest BCUT2D eigenvalue weighted by Gasteiger charge is 2.68. The summed E-state index contributed by atoms with van der Waals surface area (Å²) in [7, 11) is 1.45. The zero-order valence-electron chi connectivity index (χ0n) is 33.7. The van der Waals surface area contributed by atoms with E-state index >= 15 is 0 Å². The molecule has 0 radical (unpaired) electrons. The van der Waals surface area contributed by atoms with Crippen LogP contribution < -0.4 is 21.3 Å². The third-order valence-electron chi connectivity index (χ3n) is 16.2. The number of aliphatic imine (C=N–C) groups is 1. The highest BCUT2D eigenvalue weighted by Crippen LogP contribution is 2.64. The molecule has 14 atom stereocenters. The summed E-state index contributed by atoms with van der Waals surface area (Å²) in [6.45, 7) is 29.2. The van der Waals surface area contributed by atoms with Crippen LogP contribution in [0, 0.1) is 97.6 Å². The number of fused-ring (bicyclic) bond motifs is 5. The monoisotopic (exact) mass is 723 g/mol. The van der Waals surface area contributed by atoms with Crippen molar-refractivity contribution in [1.82, 2.24) is 21.3 Å². The Hall–Kier alpha value is -2.39. The lowest BCUT2D eigenvalue weighted by Crippen LogP contribution is -2.38. The van der Waals surface area contributed by atoms with Crippen molar-refractivity contribution in [1.29, 1.82) is 5.26 Å². The number of hydrogen-bond acceptors (Lipinski definition) is 10. The summed E-state index contributed by atoms with van der Waals surface area (Å²) in [5, 5.41) is 30.1. The summed E-state index contributed by atoms with van der Waals surface area (Å²) in [6.07, 6.45) is 2.13. The number of ketones is 1. The summed E-state index contributed by atoms with van der Waals surface area (Å²) in [6, 6.07) is 2.27. The van der Waals surface area contributed by atoms with Crippen LogP contribution in [0.1, 0.15) is 76.2 Å². The van der Waals surface area contributed by atoms with Gasteiger partial charge in [-0.2, -0.15) is 5.26 Å². The average Bonchev–Trinajstić information content (AvgIpc) is 3.81. The standard InChI is InChI=1S/C9H15NO2.C9H15NO.C8H12N2.C8H13NO2.C7H11N/c1-9(2)5-4-10-7(6(5)9)8(11)12-3;1-5(11)8-7-6(4-10-8)9(7,2)3;1-8(2)5-4-10-6(3-9)7(5)8;1-8(2)4-3-9-6(5(4)8)7(10)11;1-7(2)5-3-8-4-6(5)7/h5-7,10H,4H2,1-3H3;6-8,10H,4H2,1-3H3;5-7,10H,4H2,1-2H3;4-6,9H,3H2,1-2H3,(H,10,11);3,5-6H,4H2,1-2H3/t5-,6-,7-;6-,7-,8+;5-,6+,7-;4-,5-,6-;5-,6+/m00001/s1. The number of carbonyl (C=O) groups is 3. The van der Waals surface area contributed by atoms with Gasteiger partial charge < -0.3 is 31.1 Å². The van der Waals surface area contributed by atoms with Gasteiger partial charge in [0.2, 0.25) is 0 Å². The predicted octanol–water partition coefficient (Wildman–Crippen LogP) is 3.63. The largest absolute Gasteiger partial charge is 0.480 e. The number of esters is 1. The zero-order chi connectivity index (χ0) is 38.5. The second-order valence-electron chi connectivity index (χ2n) is 20.4. The number of nitrogens with zero attached hydrogens (tertiary/aromatic N) is 2. The van der Waals surface area contributed by atoms with E-state index in [1.165, 1.54) is 7.11 Å². The van der Waals surface area contributed by atoms with Crippen LogP contribution in [-0.2, 0) is 19.1 Å². The van der Waals surface area contributed by atoms with E-state index in [4.69, 9.17) is 15.1 Å². The van der Waals surface area contributed by atoms with Crippen molar-refractivity contribution < 1.29 is 24.2 Å². The van der Waals surface area contributed by atoms with Gasteiger partial charge in [0.05, 0.1) is 25.3 Å². The van der Waals surface area contributed by atoms with Crippen LogP contribution in [0.15, 0.2) is 4.99 Å². The van der Waals surface area contributed by atoms with Crippen molar-refractivity contribution in [3.63, 3.8) is 0 Å². The fourth-order valence-corrected chi connectivity index (χ4v) is 11.7. The molecule has 10 rings (SSSR count). The Morgan fingerprint density at radius 2 is 1.10 bits per heavy atom. The van der Waals surface area contributed by atoms with E-state index in [9.17, 15) is 14.4 Å². The number of rotatable bonds is 3. The Labute approximate surface area is 311 Å². The van der Waals surface area contributed by atoms with E-state index in [-0.39, 0.29) is 35.6 Å². The molecule has 52 heavy (non-hydrogen) atoms. The average molecular weight is 723 g/mol. The quantitative estimate of drug-likeness (QED) is 0.272. The molecule has 0 aromatic heterocycles. The topological polar surface area (TPSA) is 165 Å². The van der Waals surface area contributed by atoms with Gasteiger partial charge in [-0.3, -0.25) is 19.4 Å². The van der Waals surface area contributed by atoms with Crippen LogP contribution in [0.2, 0.25) is 0 Å². The zero-order valence-corrected chi connectivity index (χ0v) is 33.7. The smallest absolute Gasteiger partial charge is 0.323 e. The molecule has 5 N–H and O–H groups in total. The lowest BCUT2D eigenvalue weighted by molar-refractivity contribution is -0.143. The number of hydrogen-bond donors (Lipinski definition) is 5. The van der Waals surface area contributed by atoms with Gasteiger partial charge in [-0.05, 0) is 107 Å². The molecule has 0 bridgehead atoms. The molecule has 4 saturated heterocycles. The molecular formula is C41H66N6O5. The highest BCUT2D eigenvalue weighted by atomic mass is 16.5. The normalized spacial score (nSPS) is 45.2. The van der Waals surface area contributed by atoms with Crippen LogP contribution >= 0.6 is 0 Å². The number of nitriles is 1. The Morgan fingerprint density at radius 1 is 0.673 bits per heavy atom. The van der Waals surface area contributed by atoms with Gasteiger partial charge in [-0.1, -0.05) is 69.2 Å². The molecule has 290 valence electrons. The maximum atomic E-state index is 11.3. The van der Waals surface area contributed by atoms with Gasteiger partial charge in [-0.25, -0.2) is 0 Å². The lowest BCUT2D eigenvalue weighted by Gasteiger charge is -2.16. The lowest BCUT2D eigenvalue weighted by atomic mass is 10.0. The Balaban J connectivity index is 0.000000112.